The van der Waals surface area contributed by atoms with E-state index in [1.54, 1.807) is 11.3 Å². The first-order valence-corrected chi connectivity index (χ1v) is 8.94. The molecule has 1 aromatic rings. The number of unbranched alkanes of at least 4 members (excludes halogenated alkanes) is 3. The molecule has 1 amide bonds. The maximum Gasteiger partial charge on any atom is 0.222 e. The first-order valence-electron chi connectivity index (χ1n) is 8.12. The Balaban J connectivity index is 0.00000242. The number of rotatable bonds is 8. The van der Waals surface area contributed by atoms with Crippen LogP contribution in [0.2, 0.25) is 0 Å². The molecule has 0 saturated heterocycles. The molecule has 0 spiro atoms. The molecule has 0 fully saturated rings. The van der Waals surface area contributed by atoms with Gasteiger partial charge in [0.1, 0.15) is 5.01 Å². The van der Waals surface area contributed by atoms with Crippen molar-refractivity contribution in [2.45, 2.75) is 64.3 Å². The van der Waals surface area contributed by atoms with E-state index < -0.39 is 0 Å². The van der Waals surface area contributed by atoms with E-state index in [1.807, 2.05) is 11.9 Å². The number of aromatic nitrogens is 1. The molecule has 1 aliphatic carbocycles. The van der Waals surface area contributed by atoms with E-state index in [2.05, 4.69) is 0 Å². The highest BCUT2D eigenvalue weighted by Gasteiger charge is 2.17. The lowest BCUT2D eigenvalue weighted by Crippen LogP contribution is -2.25. The Bertz CT molecular complexity index is 445. The second-order valence-corrected chi connectivity index (χ2v) is 7.06. The minimum atomic E-state index is 0. The number of carbonyl (C=O) groups is 1. The fourth-order valence-electron chi connectivity index (χ4n) is 2.73. The molecular formula is C16H29Cl2N3OS. The molecule has 4 nitrogen and oxygen atoms in total. The Hall–Kier alpha value is -0.360. The summed E-state index contributed by atoms with van der Waals surface area (Å²) in [5.74, 6) is 0.232. The van der Waals surface area contributed by atoms with E-state index in [9.17, 15) is 4.79 Å². The largest absolute Gasteiger partial charge is 0.339 e. The molecule has 2 N–H and O–H groups in total. The van der Waals surface area contributed by atoms with Crippen molar-refractivity contribution in [2.24, 2.45) is 5.73 Å². The molecule has 0 unspecified atom stereocenters. The molecule has 0 atom stereocenters. The number of aryl methyl sites for hydroxylation is 2. The lowest BCUT2D eigenvalue weighted by molar-refractivity contribution is -0.130. The molecule has 0 aromatic carbocycles. The lowest BCUT2D eigenvalue weighted by atomic mass is 10.0. The van der Waals surface area contributed by atoms with Gasteiger partial charge in [-0.2, -0.15) is 0 Å². The van der Waals surface area contributed by atoms with Crippen LogP contribution in [0.4, 0.5) is 0 Å². The van der Waals surface area contributed by atoms with Crippen molar-refractivity contribution < 1.29 is 4.79 Å². The summed E-state index contributed by atoms with van der Waals surface area (Å²) in [5.41, 5.74) is 6.75. The molecule has 2 rings (SSSR count). The van der Waals surface area contributed by atoms with Crippen molar-refractivity contribution in [3.05, 3.63) is 15.6 Å². The summed E-state index contributed by atoms with van der Waals surface area (Å²) in [7, 11) is 1.89. The smallest absolute Gasteiger partial charge is 0.222 e. The van der Waals surface area contributed by atoms with Crippen LogP contribution in [0.1, 0.15) is 60.5 Å². The third-order valence-electron chi connectivity index (χ3n) is 4.03. The Morgan fingerprint density at radius 1 is 1.17 bits per heavy atom. The van der Waals surface area contributed by atoms with E-state index in [4.69, 9.17) is 10.7 Å². The number of carbonyl (C=O) groups excluding carboxylic acids is 1. The van der Waals surface area contributed by atoms with E-state index in [1.165, 1.54) is 29.8 Å². The number of fused-ring (bicyclic) bond motifs is 1. The lowest BCUT2D eigenvalue weighted by Gasteiger charge is -2.15. The number of hydrogen-bond acceptors (Lipinski definition) is 4. The number of nitrogens with two attached hydrogens (primary N) is 1. The van der Waals surface area contributed by atoms with Gasteiger partial charge in [-0.3, -0.25) is 4.79 Å². The van der Waals surface area contributed by atoms with Crippen LogP contribution < -0.4 is 5.73 Å². The zero-order valence-corrected chi connectivity index (χ0v) is 16.3. The van der Waals surface area contributed by atoms with Crippen LogP contribution in [0.15, 0.2) is 0 Å². The summed E-state index contributed by atoms with van der Waals surface area (Å²) in [4.78, 5) is 20.1. The summed E-state index contributed by atoms with van der Waals surface area (Å²) < 4.78 is 0. The standard InChI is InChI=1S/C16H27N3OS.2ClH/c1-19(16(20)10-4-2-3-7-11-17)12-15-18-13-8-5-6-9-14(13)21-15;;/h2-12,17H2,1H3;2*1H. The van der Waals surface area contributed by atoms with Crippen LogP contribution in [-0.2, 0) is 24.2 Å². The topological polar surface area (TPSA) is 59.2 Å². The van der Waals surface area contributed by atoms with Crippen molar-refractivity contribution in [1.29, 1.82) is 0 Å². The molecule has 0 saturated carbocycles. The Morgan fingerprint density at radius 3 is 2.57 bits per heavy atom. The summed E-state index contributed by atoms with van der Waals surface area (Å²) in [6.45, 7) is 1.42. The Kier molecular flexibility index (Phi) is 11.9. The zero-order valence-electron chi connectivity index (χ0n) is 13.9. The molecule has 1 aliphatic rings. The highest BCUT2D eigenvalue weighted by Crippen LogP contribution is 2.27. The molecule has 7 heteroatoms. The summed E-state index contributed by atoms with van der Waals surface area (Å²) in [6.07, 6.45) is 9.74. The van der Waals surface area contributed by atoms with Crippen molar-refractivity contribution in [1.82, 2.24) is 9.88 Å². The first-order chi connectivity index (χ1) is 10.2. The zero-order chi connectivity index (χ0) is 15.1. The van der Waals surface area contributed by atoms with Gasteiger partial charge in [-0.25, -0.2) is 4.98 Å². The van der Waals surface area contributed by atoms with Crippen LogP contribution in [-0.4, -0.2) is 29.4 Å². The highest BCUT2D eigenvalue weighted by atomic mass is 35.5. The average molecular weight is 382 g/mol. The number of thiazole rings is 1. The molecule has 23 heavy (non-hydrogen) atoms. The van der Waals surface area contributed by atoms with Crippen molar-refractivity contribution in [3.63, 3.8) is 0 Å². The van der Waals surface area contributed by atoms with Crippen LogP contribution in [0.25, 0.3) is 0 Å². The van der Waals surface area contributed by atoms with Crippen LogP contribution in [0.5, 0.6) is 0 Å². The molecule has 0 radical (unpaired) electrons. The predicted octanol–water partition coefficient (Wildman–Crippen LogP) is 3.73. The van der Waals surface area contributed by atoms with Crippen LogP contribution in [0.3, 0.4) is 0 Å². The minimum Gasteiger partial charge on any atom is -0.339 e. The molecule has 1 heterocycles. The van der Waals surface area contributed by atoms with E-state index >= 15 is 0 Å². The van der Waals surface area contributed by atoms with Gasteiger partial charge in [-0.1, -0.05) is 12.8 Å². The van der Waals surface area contributed by atoms with Crippen molar-refractivity contribution in [2.75, 3.05) is 13.6 Å². The second kappa shape index (κ2) is 12.1. The number of halogens is 2. The number of nitrogens with zero attached hydrogens (tertiary/aromatic N) is 2. The Morgan fingerprint density at radius 2 is 1.87 bits per heavy atom. The van der Waals surface area contributed by atoms with Gasteiger partial charge in [-0.15, -0.1) is 36.2 Å². The van der Waals surface area contributed by atoms with Gasteiger partial charge in [0.2, 0.25) is 5.91 Å². The molecule has 0 bridgehead atoms. The van der Waals surface area contributed by atoms with E-state index in [0.717, 1.165) is 43.7 Å². The molecule has 0 aliphatic heterocycles. The first kappa shape index (κ1) is 22.6. The van der Waals surface area contributed by atoms with Gasteiger partial charge in [0, 0.05) is 18.3 Å². The highest BCUT2D eigenvalue weighted by molar-refractivity contribution is 7.11. The quantitative estimate of drug-likeness (QED) is 0.697. The fourth-order valence-corrected chi connectivity index (χ4v) is 3.94. The molecule has 134 valence electrons. The van der Waals surface area contributed by atoms with Gasteiger partial charge in [-0.05, 0) is 45.1 Å². The van der Waals surface area contributed by atoms with Gasteiger partial charge >= 0.3 is 0 Å². The number of amides is 1. The van der Waals surface area contributed by atoms with E-state index in [0.29, 0.717) is 13.0 Å². The maximum absolute atomic E-state index is 12.1. The Labute approximate surface area is 156 Å². The molecular weight excluding hydrogens is 353 g/mol. The maximum atomic E-state index is 12.1. The van der Waals surface area contributed by atoms with E-state index in [-0.39, 0.29) is 30.7 Å². The summed E-state index contributed by atoms with van der Waals surface area (Å²) >= 11 is 1.80. The fraction of sp³-hybridized carbons (Fsp3) is 0.750. The monoisotopic (exact) mass is 381 g/mol. The van der Waals surface area contributed by atoms with Gasteiger partial charge in [0.25, 0.3) is 0 Å². The van der Waals surface area contributed by atoms with Gasteiger partial charge in [0.05, 0.1) is 12.2 Å². The minimum absolute atomic E-state index is 0. The SMILES string of the molecule is CN(Cc1nc2c(s1)CCCC2)C(=O)CCCCCCN.Cl.Cl. The van der Waals surface area contributed by atoms with Gasteiger partial charge in [0.15, 0.2) is 0 Å². The van der Waals surface area contributed by atoms with Crippen LogP contribution >= 0.6 is 36.2 Å². The third-order valence-corrected chi connectivity index (χ3v) is 5.18. The second-order valence-electron chi connectivity index (χ2n) is 5.89. The van der Waals surface area contributed by atoms with Crippen molar-refractivity contribution in [3.8, 4) is 0 Å². The summed E-state index contributed by atoms with van der Waals surface area (Å²) in [5, 5.41) is 1.10. The summed E-state index contributed by atoms with van der Waals surface area (Å²) in [6, 6.07) is 0. The van der Waals surface area contributed by atoms with Gasteiger partial charge < -0.3 is 10.6 Å². The predicted molar refractivity (Wildman–Crippen MR) is 102 cm³/mol. The van der Waals surface area contributed by atoms with Crippen LogP contribution in [0, 0.1) is 0 Å². The molecule has 1 aromatic heterocycles. The number of hydrogen-bond donors (Lipinski definition) is 1. The third kappa shape index (κ3) is 7.38. The van der Waals surface area contributed by atoms with Crippen molar-refractivity contribution >= 4 is 42.1 Å². The average Bonchev–Trinajstić information content (AvgIpc) is 2.88. The normalized spacial score (nSPS) is 12.8.